The highest BCUT2D eigenvalue weighted by Gasteiger charge is 2.15. The van der Waals surface area contributed by atoms with Gasteiger partial charge < -0.3 is 14.0 Å². The molecule has 6 rings (SSSR count). The summed E-state index contributed by atoms with van der Waals surface area (Å²) in [5.41, 5.74) is 2.45. The molecule has 0 saturated carbocycles. The number of hydrogen-bond donors (Lipinski definition) is 0. The summed E-state index contributed by atoms with van der Waals surface area (Å²) < 4.78 is 14.5. The molecule has 1 aliphatic heterocycles. The maximum absolute atomic E-state index is 13.1. The van der Waals surface area contributed by atoms with Gasteiger partial charge in [-0.2, -0.15) is 9.50 Å². The van der Waals surface area contributed by atoms with Crippen molar-refractivity contribution in [2.24, 2.45) is 0 Å². The van der Waals surface area contributed by atoms with Crippen molar-refractivity contribution in [2.75, 3.05) is 13.2 Å². The lowest BCUT2D eigenvalue weighted by molar-refractivity contribution is 0.171. The van der Waals surface area contributed by atoms with Gasteiger partial charge in [-0.05, 0) is 35.4 Å². The van der Waals surface area contributed by atoms with E-state index in [1.165, 1.54) is 11.8 Å². The second-order valence-electron chi connectivity index (χ2n) is 7.77. The Hall–Kier alpha value is -3.56. The van der Waals surface area contributed by atoms with E-state index in [0.29, 0.717) is 52.4 Å². The number of nitrogens with zero attached hydrogens (tertiary/aromatic N) is 5. The first-order valence-electron chi connectivity index (χ1n) is 10.7. The summed E-state index contributed by atoms with van der Waals surface area (Å²) in [5.74, 6) is 2.63. The zero-order valence-corrected chi connectivity index (χ0v) is 19.4. The number of aromatic nitrogens is 5. The summed E-state index contributed by atoms with van der Waals surface area (Å²) in [6, 6.07) is 15.2. The third kappa shape index (κ3) is 3.86. The third-order valence-electron chi connectivity index (χ3n) is 5.56. The van der Waals surface area contributed by atoms with Crippen molar-refractivity contribution in [3.8, 4) is 11.5 Å². The molecule has 8 nitrogen and oxygen atoms in total. The van der Waals surface area contributed by atoms with Gasteiger partial charge in [0, 0.05) is 23.2 Å². The Labute approximate surface area is 203 Å². The van der Waals surface area contributed by atoms with Crippen LogP contribution in [0.2, 0.25) is 5.02 Å². The molecule has 3 aromatic heterocycles. The minimum atomic E-state index is -0.159. The van der Waals surface area contributed by atoms with Gasteiger partial charge in [-0.3, -0.25) is 4.79 Å². The van der Waals surface area contributed by atoms with Crippen molar-refractivity contribution < 1.29 is 9.47 Å². The summed E-state index contributed by atoms with van der Waals surface area (Å²) >= 11 is 7.76. The first-order valence-corrected chi connectivity index (χ1v) is 12.0. The van der Waals surface area contributed by atoms with E-state index < -0.39 is 0 Å². The van der Waals surface area contributed by atoms with Gasteiger partial charge in [0.15, 0.2) is 11.5 Å². The average molecular weight is 492 g/mol. The minimum Gasteiger partial charge on any atom is -0.486 e. The molecular formula is C24H18ClN5O3S. The quantitative estimate of drug-likeness (QED) is 0.340. The molecule has 0 spiro atoms. The zero-order chi connectivity index (χ0) is 23.1. The normalized spacial score (nSPS) is 13.0. The summed E-state index contributed by atoms with van der Waals surface area (Å²) in [4.78, 5) is 22.0. The van der Waals surface area contributed by atoms with Gasteiger partial charge >= 0.3 is 0 Å². The summed E-state index contributed by atoms with van der Waals surface area (Å²) in [5, 5.41) is 6.26. The van der Waals surface area contributed by atoms with Crippen molar-refractivity contribution in [1.82, 2.24) is 24.1 Å². The van der Waals surface area contributed by atoms with Gasteiger partial charge in [0.2, 0.25) is 5.16 Å². The molecule has 2 aromatic carbocycles. The van der Waals surface area contributed by atoms with E-state index in [1.54, 1.807) is 21.5 Å². The lowest BCUT2D eigenvalue weighted by Crippen LogP contribution is -2.21. The van der Waals surface area contributed by atoms with Crippen LogP contribution >= 0.6 is 23.4 Å². The van der Waals surface area contributed by atoms with Crippen LogP contribution < -0.4 is 15.0 Å². The molecule has 34 heavy (non-hydrogen) atoms. The van der Waals surface area contributed by atoms with Gasteiger partial charge in [0.25, 0.3) is 11.3 Å². The number of benzene rings is 2. The number of fused-ring (bicyclic) bond motifs is 4. The van der Waals surface area contributed by atoms with Crippen LogP contribution in [-0.2, 0) is 12.3 Å². The molecule has 1 aliphatic rings. The molecule has 0 bridgehead atoms. The van der Waals surface area contributed by atoms with Crippen molar-refractivity contribution in [2.45, 2.75) is 17.5 Å². The molecule has 10 heteroatoms. The second kappa shape index (κ2) is 8.66. The SMILES string of the molecule is O=c1c2cnc3nc(SCc4ccc5c(c4)OCCO5)nn3c2ccn1Cc1ccccc1Cl. The largest absolute Gasteiger partial charge is 0.486 e. The fraction of sp³-hybridized carbons (Fsp3) is 0.167. The Morgan fingerprint density at radius 2 is 1.91 bits per heavy atom. The van der Waals surface area contributed by atoms with Crippen LogP contribution in [-0.4, -0.2) is 37.4 Å². The lowest BCUT2D eigenvalue weighted by atomic mass is 10.2. The number of ether oxygens (including phenoxy) is 2. The number of pyridine rings is 1. The maximum atomic E-state index is 13.1. The molecule has 170 valence electrons. The molecule has 0 fully saturated rings. The summed E-state index contributed by atoms with van der Waals surface area (Å²) in [6.07, 6.45) is 3.30. The summed E-state index contributed by atoms with van der Waals surface area (Å²) in [6.45, 7) is 1.50. The zero-order valence-electron chi connectivity index (χ0n) is 17.8. The third-order valence-corrected chi connectivity index (χ3v) is 6.84. The molecule has 0 unspecified atom stereocenters. The predicted molar refractivity (Wildman–Crippen MR) is 130 cm³/mol. The molecule has 0 N–H and O–H groups in total. The molecular weight excluding hydrogens is 474 g/mol. The average Bonchev–Trinajstić information content (AvgIpc) is 3.29. The lowest BCUT2D eigenvalue weighted by Gasteiger charge is -2.18. The fourth-order valence-electron chi connectivity index (χ4n) is 3.86. The highest BCUT2D eigenvalue weighted by molar-refractivity contribution is 7.98. The molecule has 0 radical (unpaired) electrons. The Bertz CT molecular complexity index is 1600. The molecule has 4 heterocycles. The van der Waals surface area contributed by atoms with Gasteiger partial charge in [0.1, 0.15) is 13.2 Å². The Balaban J connectivity index is 1.28. The van der Waals surface area contributed by atoms with E-state index in [4.69, 9.17) is 21.1 Å². The first kappa shape index (κ1) is 21.0. The van der Waals surface area contributed by atoms with Crippen molar-refractivity contribution >= 4 is 40.0 Å². The molecule has 0 saturated heterocycles. The topological polar surface area (TPSA) is 83.5 Å². The highest BCUT2D eigenvalue weighted by Crippen LogP contribution is 2.32. The van der Waals surface area contributed by atoms with Gasteiger partial charge in [-0.25, -0.2) is 4.98 Å². The van der Waals surface area contributed by atoms with Crippen LogP contribution in [0.15, 0.2) is 70.9 Å². The maximum Gasteiger partial charge on any atom is 0.261 e. The van der Waals surface area contributed by atoms with Gasteiger partial charge in [0.05, 0.1) is 17.4 Å². The smallest absolute Gasteiger partial charge is 0.261 e. The number of halogens is 1. The van der Waals surface area contributed by atoms with E-state index in [2.05, 4.69) is 15.1 Å². The van der Waals surface area contributed by atoms with Crippen LogP contribution in [0.3, 0.4) is 0 Å². The Kier molecular flexibility index (Phi) is 5.35. The highest BCUT2D eigenvalue weighted by atomic mass is 35.5. The van der Waals surface area contributed by atoms with Gasteiger partial charge in [-0.1, -0.05) is 47.6 Å². The first-order chi connectivity index (χ1) is 16.7. The molecule has 0 atom stereocenters. The minimum absolute atomic E-state index is 0.159. The van der Waals surface area contributed by atoms with Crippen LogP contribution in [0.1, 0.15) is 11.1 Å². The van der Waals surface area contributed by atoms with E-state index in [9.17, 15) is 4.79 Å². The van der Waals surface area contributed by atoms with Crippen LogP contribution in [0, 0.1) is 0 Å². The van der Waals surface area contributed by atoms with Crippen molar-refractivity contribution in [3.05, 3.63) is 87.4 Å². The Morgan fingerprint density at radius 3 is 2.79 bits per heavy atom. The van der Waals surface area contributed by atoms with E-state index in [-0.39, 0.29) is 5.56 Å². The van der Waals surface area contributed by atoms with Crippen LogP contribution in [0.5, 0.6) is 11.5 Å². The van der Waals surface area contributed by atoms with Gasteiger partial charge in [-0.15, -0.1) is 5.10 Å². The molecule has 0 amide bonds. The fourth-order valence-corrected chi connectivity index (χ4v) is 4.82. The van der Waals surface area contributed by atoms with E-state index in [1.807, 2.05) is 48.5 Å². The number of rotatable bonds is 5. The number of thioether (sulfide) groups is 1. The number of hydrogen-bond acceptors (Lipinski definition) is 7. The Morgan fingerprint density at radius 1 is 1.06 bits per heavy atom. The second-order valence-corrected chi connectivity index (χ2v) is 9.12. The van der Waals surface area contributed by atoms with E-state index >= 15 is 0 Å². The molecule has 0 aliphatic carbocycles. The predicted octanol–water partition coefficient (Wildman–Crippen LogP) is 4.20. The van der Waals surface area contributed by atoms with Crippen molar-refractivity contribution in [3.63, 3.8) is 0 Å². The van der Waals surface area contributed by atoms with E-state index in [0.717, 1.165) is 22.6 Å². The standard InChI is InChI=1S/C24H18ClN5O3S/c25-18-4-2-1-3-16(18)13-29-8-7-19-17(22(29)31)12-26-23-27-24(28-30(19)23)34-14-15-5-6-20-21(11-15)33-10-9-32-20/h1-8,11-12H,9-10,13-14H2. The van der Waals surface area contributed by atoms with Crippen LogP contribution in [0.4, 0.5) is 0 Å². The molecule has 5 aromatic rings. The monoisotopic (exact) mass is 491 g/mol. The van der Waals surface area contributed by atoms with Crippen molar-refractivity contribution in [1.29, 1.82) is 0 Å². The summed E-state index contributed by atoms with van der Waals surface area (Å²) in [7, 11) is 0. The van der Waals surface area contributed by atoms with Crippen LogP contribution in [0.25, 0.3) is 16.7 Å².